The maximum Gasteiger partial charge on any atom is 0.141 e. The van der Waals surface area contributed by atoms with Crippen LogP contribution < -0.4 is 0 Å². The third kappa shape index (κ3) is 3.57. The molecule has 4 heteroatoms. The van der Waals surface area contributed by atoms with Crippen molar-refractivity contribution in [1.29, 1.82) is 0 Å². The molecule has 15 heavy (non-hydrogen) atoms. The SMILES string of the molecule is COCCCC(C)(O)c1cncc(F)c1. The van der Waals surface area contributed by atoms with Gasteiger partial charge in [-0.05, 0) is 25.8 Å². The Morgan fingerprint density at radius 3 is 2.87 bits per heavy atom. The van der Waals surface area contributed by atoms with Crippen LogP contribution in [0.3, 0.4) is 0 Å². The fraction of sp³-hybridized carbons (Fsp3) is 0.545. The fourth-order valence-corrected chi connectivity index (χ4v) is 1.41. The highest BCUT2D eigenvalue weighted by atomic mass is 19.1. The molecule has 1 unspecified atom stereocenters. The number of hydrogen-bond donors (Lipinski definition) is 1. The molecule has 3 nitrogen and oxygen atoms in total. The van der Waals surface area contributed by atoms with E-state index >= 15 is 0 Å². The Kier molecular flexibility index (Phi) is 4.17. The van der Waals surface area contributed by atoms with Crippen molar-refractivity contribution in [2.75, 3.05) is 13.7 Å². The van der Waals surface area contributed by atoms with Crippen molar-refractivity contribution in [3.05, 3.63) is 29.8 Å². The molecular formula is C11H16FNO2. The second kappa shape index (κ2) is 5.19. The minimum absolute atomic E-state index is 0.431. The molecule has 0 saturated carbocycles. The molecule has 1 rings (SSSR count). The zero-order valence-corrected chi connectivity index (χ0v) is 9.03. The van der Waals surface area contributed by atoms with Gasteiger partial charge in [0.2, 0.25) is 0 Å². The Hall–Kier alpha value is -1.00. The maximum absolute atomic E-state index is 12.9. The van der Waals surface area contributed by atoms with Crippen molar-refractivity contribution in [2.45, 2.75) is 25.4 Å². The molecule has 0 amide bonds. The van der Waals surface area contributed by atoms with Gasteiger partial charge in [-0.3, -0.25) is 4.98 Å². The van der Waals surface area contributed by atoms with Crippen molar-refractivity contribution in [3.8, 4) is 0 Å². The predicted octanol–water partition coefficient (Wildman–Crippen LogP) is 1.85. The van der Waals surface area contributed by atoms with Crippen LogP contribution in [-0.2, 0) is 10.3 Å². The average molecular weight is 213 g/mol. The molecule has 1 aromatic heterocycles. The second-order valence-electron chi connectivity index (χ2n) is 3.76. The lowest BCUT2D eigenvalue weighted by molar-refractivity contribution is 0.0366. The first-order valence-corrected chi connectivity index (χ1v) is 4.88. The monoisotopic (exact) mass is 213 g/mol. The van der Waals surface area contributed by atoms with E-state index in [1.54, 1.807) is 14.0 Å². The van der Waals surface area contributed by atoms with Gasteiger partial charge in [-0.1, -0.05) is 0 Å². The number of pyridine rings is 1. The molecule has 1 atom stereocenters. The van der Waals surface area contributed by atoms with E-state index in [0.717, 1.165) is 12.6 Å². The lowest BCUT2D eigenvalue weighted by Crippen LogP contribution is -2.22. The molecule has 0 saturated heterocycles. The molecule has 0 aliphatic rings. The molecule has 0 aromatic carbocycles. The van der Waals surface area contributed by atoms with Gasteiger partial charge >= 0.3 is 0 Å². The van der Waals surface area contributed by atoms with Gasteiger partial charge in [0.1, 0.15) is 5.82 Å². The molecular weight excluding hydrogens is 197 g/mol. The highest BCUT2D eigenvalue weighted by Crippen LogP contribution is 2.25. The predicted molar refractivity (Wildman–Crippen MR) is 54.9 cm³/mol. The molecule has 0 fully saturated rings. The van der Waals surface area contributed by atoms with E-state index < -0.39 is 11.4 Å². The van der Waals surface area contributed by atoms with Gasteiger partial charge in [0.15, 0.2) is 0 Å². The van der Waals surface area contributed by atoms with Crippen molar-refractivity contribution in [3.63, 3.8) is 0 Å². The number of aromatic nitrogens is 1. The number of rotatable bonds is 5. The Labute approximate surface area is 88.9 Å². The summed E-state index contributed by atoms with van der Waals surface area (Å²) in [6.45, 7) is 2.23. The van der Waals surface area contributed by atoms with E-state index in [2.05, 4.69) is 4.98 Å². The highest BCUT2D eigenvalue weighted by molar-refractivity contribution is 5.17. The summed E-state index contributed by atoms with van der Waals surface area (Å²) in [5.74, 6) is -0.431. The molecule has 0 bridgehead atoms. The van der Waals surface area contributed by atoms with E-state index in [0.29, 0.717) is 18.6 Å². The van der Waals surface area contributed by atoms with Gasteiger partial charge in [-0.15, -0.1) is 0 Å². The van der Waals surface area contributed by atoms with Crippen molar-refractivity contribution < 1.29 is 14.2 Å². The minimum Gasteiger partial charge on any atom is -0.385 e. The van der Waals surface area contributed by atoms with Gasteiger partial charge in [-0.2, -0.15) is 0 Å². The molecule has 0 aliphatic heterocycles. The molecule has 1 heterocycles. The summed E-state index contributed by atoms with van der Waals surface area (Å²) in [7, 11) is 1.61. The largest absolute Gasteiger partial charge is 0.385 e. The van der Waals surface area contributed by atoms with Gasteiger partial charge in [0.05, 0.1) is 11.8 Å². The van der Waals surface area contributed by atoms with E-state index in [1.807, 2.05) is 0 Å². The Morgan fingerprint density at radius 1 is 1.53 bits per heavy atom. The van der Waals surface area contributed by atoms with Gasteiger partial charge in [0.25, 0.3) is 0 Å². The van der Waals surface area contributed by atoms with Gasteiger partial charge in [0, 0.05) is 25.5 Å². The van der Waals surface area contributed by atoms with Crippen molar-refractivity contribution >= 4 is 0 Å². The topological polar surface area (TPSA) is 42.4 Å². The van der Waals surface area contributed by atoms with E-state index in [-0.39, 0.29) is 0 Å². The first kappa shape index (κ1) is 12.1. The number of ether oxygens (including phenoxy) is 1. The molecule has 84 valence electrons. The highest BCUT2D eigenvalue weighted by Gasteiger charge is 2.23. The van der Waals surface area contributed by atoms with Gasteiger partial charge < -0.3 is 9.84 Å². The smallest absolute Gasteiger partial charge is 0.141 e. The van der Waals surface area contributed by atoms with E-state index in [1.165, 1.54) is 12.3 Å². The molecule has 1 N–H and O–H groups in total. The maximum atomic E-state index is 12.9. The third-order valence-corrected chi connectivity index (χ3v) is 2.34. The zero-order chi connectivity index (χ0) is 11.3. The lowest BCUT2D eigenvalue weighted by atomic mass is 9.92. The fourth-order valence-electron chi connectivity index (χ4n) is 1.41. The normalized spacial score (nSPS) is 14.9. The quantitative estimate of drug-likeness (QED) is 0.759. The Bertz CT molecular complexity index is 315. The van der Waals surface area contributed by atoms with E-state index in [4.69, 9.17) is 4.74 Å². The summed E-state index contributed by atoms with van der Waals surface area (Å²) < 4.78 is 17.8. The van der Waals surface area contributed by atoms with Crippen LogP contribution in [-0.4, -0.2) is 23.8 Å². The summed E-state index contributed by atoms with van der Waals surface area (Å²) >= 11 is 0. The van der Waals surface area contributed by atoms with Crippen molar-refractivity contribution in [2.24, 2.45) is 0 Å². The Morgan fingerprint density at radius 2 is 2.27 bits per heavy atom. The Balaban J connectivity index is 2.67. The molecule has 0 aliphatic carbocycles. The first-order chi connectivity index (χ1) is 7.06. The summed E-state index contributed by atoms with van der Waals surface area (Å²) in [6.07, 6.45) is 3.84. The zero-order valence-electron chi connectivity index (χ0n) is 9.03. The third-order valence-electron chi connectivity index (χ3n) is 2.34. The number of aliphatic hydroxyl groups is 1. The average Bonchev–Trinajstić information content (AvgIpc) is 2.18. The molecule has 1 aromatic rings. The number of halogens is 1. The summed E-state index contributed by atoms with van der Waals surface area (Å²) in [6, 6.07) is 1.31. The summed E-state index contributed by atoms with van der Waals surface area (Å²) in [5.41, 5.74) is -0.549. The first-order valence-electron chi connectivity index (χ1n) is 4.88. The summed E-state index contributed by atoms with van der Waals surface area (Å²) in [5, 5.41) is 10.1. The van der Waals surface area contributed by atoms with Crippen LogP contribution in [0.5, 0.6) is 0 Å². The van der Waals surface area contributed by atoms with Crippen molar-refractivity contribution in [1.82, 2.24) is 4.98 Å². The number of nitrogens with zero attached hydrogens (tertiary/aromatic N) is 1. The van der Waals surface area contributed by atoms with Crippen LogP contribution in [0.15, 0.2) is 18.5 Å². The number of hydrogen-bond acceptors (Lipinski definition) is 3. The number of methoxy groups -OCH3 is 1. The van der Waals surface area contributed by atoms with Crippen LogP contribution in [0.2, 0.25) is 0 Å². The molecule has 0 spiro atoms. The van der Waals surface area contributed by atoms with Crippen LogP contribution in [0.25, 0.3) is 0 Å². The molecule has 0 radical (unpaired) electrons. The van der Waals surface area contributed by atoms with Crippen LogP contribution in [0.4, 0.5) is 4.39 Å². The summed E-state index contributed by atoms with van der Waals surface area (Å²) in [4.78, 5) is 3.71. The van der Waals surface area contributed by atoms with Crippen LogP contribution in [0.1, 0.15) is 25.3 Å². The minimum atomic E-state index is -1.05. The second-order valence-corrected chi connectivity index (χ2v) is 3.76. The van der Waals surface area contributed by atoms with Crippen LogP contribution >= 0.6 is 0 Å². The lowest BCUT2D eigenvalue weighted by Gasteiger charge is -2.23. The van der Waals surface area contributed by atoms with Gasteiger partial charge in [-0.25, -0.2) is 4.39 Å². The standard InChI is InChI=1S/C11H16FNO2/c1-11(14,4-3-5-15-2)9-6-10(12)8-13-7-9/h6-8,14H,3-5H2,1-2H3. The van der Waals surface area contributed by atoms with Crippen LogP contribution in [0, 0.1) is 5.82 Å². The van der Waals surface area contributed by atoms with E-state index in [9.17, 15) is 9.50 Å².